The standard InChI is InChI=1S/C16H17IN2O2/c17-13-10-12(18)2-3-14(13)19-6-5-11-1-4-15-16(9-11)21-8-7-20-15/h1-4,9-10,19H,5-8,18H2. The van der Waals surface area contributed by atoms with Crippen molar-refractivity contribution in [2.24, 2.45) is 0 Å². The molecular weight excluding hydrogens is 379 g/mol. The van der Waals surface area contributed by atoms with Crippen molar-refractivity contribution in [3.63, 3.8) is 0 Å². The Morgan fingerprint density at radius 2 is 1.86 bits per heavy atom. The number of halogens is 1. The van der Waals surface area contributed by atoms with Crippen LogP contribution in [0.4, 0.5) is 11.4 Å². The number of anilines is 2. The third kappa shape index (κ3) is 3.53. The topological polar surface area (TPSA) is 56.5 Å². The highest BCUT2D eigenvalue weighted by Gasteiger charge is 2.11. The second kappa shape index (κ2) is 6.43. The molecule has 21 heavy (non-hydrogen) atoms. The molecule has 0 amide bonds. The fourth-order valence-electron chi connectivity index (χ4n) is 2.26. The molecule has 1 heterocycles. The van der Waals surface area contributed by atoms with Crippen molar-refractivity contribution < 1.29 is 9.47 Å². The highest BCUT2D eigenvalue weighted by atomic mass is 127. The first-order chi connectivity index (χ1) is 10.2. The van der Waals surface area contributed by atoms with Gasteiger partial charge in [0.15, 0.2) is 11.5 Å². The van der Waals surface area contributed by atoms with E-state index in [2.05, 4.69) is 40.0 Å². The van der Waals surface area contributed by atoms with Crippen LogP contribution in [0.3, 0.4) is 0 Å². The zero-order valence-corrected chi connectivity index (χ0v) is 13.7. The molecule has 0 saturated heterocycles. The second-order valence-corrected chi connectivity index (χ2v) is 6.06. The highest BCUT2D eigenvalue weighted by Crippen LogP contribution is 2.30. The van der Waals surface area contributed by atoms with E-state index >= 15 is 0 Å². The quantitative estimate of drug-likeness (QED) is 0.615. The average Bonchev–Trinajstić information content (AvgIpc) is 2.49. The Morgan fingerprint density at radius 3 is 2.67 bits per heavy atom. The van der Waals surface area contributed by atoms with E-state index in [4.69, 9.17) is 15.2 Å². The molecule has 0 aliphatic carbocycles. The van der Waals surface area contributed by atoms with Crippen molar-refractivity contribution in [1.29, 1.82) is 0 Å². The van der Waals surface area contributed by atoms with Crippen LogP contribution in [0.2, 0.25) is 0 Å². The second-order valence-electron chi connectivity index (χ2n) is 4.89. The van der Waals surface area contributed by atoms with E-state index in [1.807, 2.05) is 24.3 Å². The van der Waals surface area contributed by atoms with Crippen LogP contribution in [0, 0.1) is 3.57 Å². The van der Waals surface area contributed by atoms with Crippen LogP contribution in [0.1, 0.15) is 5.56 Å². The van der Waals surface area contributed by atoms with Crippen LogP contribution < -0.4 is 20.5 Å². The fraction of sp³-hybridized carbons (Fsp3) is 0.250. The number of nitrogens with two attached hydrogens (primary N) is 1. The largest absolute Gasteiger partial charge is 0.486 e. The summed E-state index contributed by atoms with van der Waals surface area (Å²) in [5.41, 5.74) is 8.89. The fourth-order valence-corrected chi connectivity index (χ4v) is 2.99. The van der Waals surface area contributed by atoms with E-state index in [1.54, 1.807) is 0 Å². The van der Waals surface area contributed by atoms with Gasteiger partial charge in [0.05, 0.1) is 0 Å². The number of ether oxygens (including phenoxy) is 2. The van der Waals surface area contributed by atoms with Crippen molar-refractivity contribution in [3.05, 3.63) is 45.5 Å². The van der Waals surface area contributed by atoms with Crippen LogP contribution in [-0.2, 0) is 6.42 Å². The van der Waals surface area contributed by atoms with Gasteiger partial charge in [0.1, 0.15) is 13.2 Å². The molecule has 0 spiro atoms. The van der Waals surface area contributed by atoms with Gasteiger partial charge in [-0.3, -0.25) is 0 Å². The molecule has 3 rings (SSSR count). The zero-order chi connectivity index (χ0) is 14.7. The van der Waals surface area contributed by atoms with Crippen molar-refractivity contribution >= 4 is 34.0 Å². The van der Waals surface area contributed by atoms with Gasteiger partial charge in [0.2, 0.25) is 0 Å². The maximum Gasteiger partial charge on any atom is 0.161 e. The lowest BCUT2D eigenvalue weighted by molar-refractivity contribution is 0.171. The molecule has 2 aromatic carbocycles. The number of fused-ring (bicyclic) bond motifs is 1. The number of nitrogens with one attached hydrogen (secondary N) is 1. The first kappa shape index (κ1) is 14.3. The van der Waals surface area contributed by atoms with Crippen LogP contribution in [-0.4, -0.2) is 19.8 Å². The van der Waals surface area contributed by atoms with Crippen LogP contribution in [0.25, 0.3) is 0 Å². The molecule has 0 radical (unpaired) electrons. The Morgan fingerprint density at radius 1 is 1.05 bits per heavy atom. The lowest BCUT2D eigenvalue weighted by Crippen LogP contribution is -2.15. The number of rotatable bonds is 4. The SMILES string of the molecule is Nc1ccc(NCCc2ccc3c(c2)OCCO3)c(I)c1. The van der Waals surface area contributed by atoms with Crippen molar-refractivity contribution in [2.45, 2.75) is 6.42 Å². The van der Waals surface area contributed by atoms with Gasteiger partial charge in [0, 0.05) is 21.5 Å². The molecule has 2 aromatic rings. The first-order valence-electron chi connectivity index (χ1n) is 6.90. The zero-order valence-electron chi connectivity index (χ0n) is 11.6. The summed E-state index contributed by atoms with van der Waals surface area (Å²) in [6.07, 6.45) is 0.928. The maximum absolute atomic E-state index is 5.75. The van der Waals surface area contributed by atoms with Gasteiger partial charge in [-0.05, 0) is 64.9 Å². The predicted octanol–water partition coefficient (Wildman–Crippen LogP) is 3.30. The maximum atomic E-state index is 5.75. The number of nitrogen functional groups attached to an aromatic ring is 1. The van der Waals surface area contributed by atoms with Gasteiger partial charge in [0.25, 0.3) is 0 Å². The normalized spacial score (nSPS) is 13.0. The summed E-state index contributed by atoms with van der Waals surface area (Å²) in [7, 11) is 0. The summed E-state index contributed by atoms with van der Waals surface area (Å²) in [5.74, 6) is 1.69. The van der Waals surface area contributed by atoms with E-state index < -0.39 is 0 Å². The summed E-state index contributed by atoms with van der Waals surface area (Å²) >= 11 is 2.29. The molecule has 0 bridgehead atoms. The Bertz CT molecular complexity index is 646. The van der Waals surface area contributed by atoms with Gasteiger partial charge >= 0.3 is 0 Å². The monoisotopic (exact) mass is 396 g/mol. The molecular formula is C16H17IN2O2. The van der Waals surface area contributed by atoms with Crippen LogP contribution >= 0.6 is 22.6 Å². The summed E-state index contributed by atoms with van der Waals surface area (Å²) in [6.45, 7) is 2.11. The Kier molecular flexibility index (Phi) is 4.38. The lowest BCUT2D eigenvalue weighted by Gasteiger charge is -2.19. The molecule has 0 atom stereocenters. The molecule has 110 valence electrons. The van der Waals surface area contributed by atoms with Crippen molar-refractivity contribution in [1.82, 2.24) is 0 Å². The minimum absolute atomic E-state index is 0.623. The molecule has 1 aliphatic heterocycles. The van der Waals surface area contributed by atoms with E-state index in [9.17, 15) is 0 Å². The molecule has 0 unspecified atom stereocenters. The third-order valence-electron chi connectivity index (χ3n) is 3.33. The van der Waals surface area contributed by atoms with Gasteiger partial charge in [-0.2, -0.15) is 0 Å². The number of hydrogen-bond donors (Lipinski definition) is 2. The van der Waals surface area contributed by atoms with Crippen molar-refractivity contribution in [3.8, 4) is 11.5 Å². The van der Waals surface area contributed by atoms with Crippen LogP contribution in [0.15, 0.2) is 36.4 Å². The van der Waals surface area contributed by atoms with E-state index in [0.29, 0.717) is 13.2 Å². The van der Waals surface area contributed by atoms with E-state index in [-0.39, 0.29) is 0 Å². The molecule has 1 aliphatic rings. The molecule has 4 nitrogen and oxygen atoms in total. The Hall–Kier alpha value is -1.63. The van der Waals surface area contributed by atoms with Crippen LogP contribution in [0.5, 0.6) is 11.5 Å². The van der Waals surface area contributed by atoms with Crippen molar-refractivity contribution in [2.75, 3.05) is 30.8 Å². The average molecular weight is 396 g/mol. The Balaban J connectivity index is 1.60. The number of benzene rings is 2. The highest BCUT2D eigenvalue weighted by molar-refractivity contribution is 14.1. The first-order valence-corrected chi connectivity index (χ1v) is 7.98. The van der Waals surface area contributed by atoms with Gasteiger partial charge in [-0.15, -0.1) is 0 Å². The molecule has 5 heteroatoms. The summed E-state index contributed by atoms with van der Waals surface area (Å²) in [5, 5.41) is 3.43. The summed E-state index contributed by atoms with van der Waals surface area (Å²) in [6, 6.07) is 12.0. The Labute approximate surface area is 137 Å². The smallest absolute Gasteiger partial charge is 0.161 e. The van der Waals surface area contributed by atoms with E-state index in [0.717, 1.165) is 39.4 Å². The lowest BCUT2D eigenvalue weighted by atomic mass is 10.1. The molecule has 0 aromatic heterocycles. The minimum atomic E-state index is 0.623. The molecule has 0 saturated carbocycles. The van der Waals surface area contributed by atoms with Gasteiger partial charge in [-0.25, -0.2) is 0 Å². The third-order valence-corrected chi connectivity index (χ3v) is 4.22. The van der Waals surface area contributed by atoms with E-state index in [1.165, 1.54) is 5.56 Å². The molecule has 3 N–H and O–H groups in total. The number of hydrogen-bond acceptors (Lipinski definition) is 4. The van der Waals surface area contributed by atoms with Gasteiger partial charge < -0.3 is 20.5 Å². The summed E-state index contributed by atoms with van der Waals surface area (Å²) < 4.78 is 12.3. The molecule has 0 fully saturated rings. The predicted molar refractivity (Wildman–Crippen MR) is 93.2 cm³/mol. The van der Waals surface area contributed by atoms with Gasteiger partial charge in [-0.1, -0.05) is 6.07 Å². The minimum Gasteiger partial charge on any atom is -0.486 e. The summed E-state index contributed by atoms with van der Waals surface area (Å²) in [4.78, 5) is 0.